The largest absolute Gasteiger partial charge is 0.386 e. The molecule has 0 radical (unpaired) electrons. The summed E-state index contributed by atoms with van der Waals surface area (Å²) in [4.78, 5) is 1.89. The van der Waals surface area contributed by atoms with Crippen LogP contribution in [0, 0.1) is 11.7 Å². The normalized spacial score (nSPS) is 18.7. The van der Waals surface area contributed by atoms with Crippen LogP contribution in [0.15, 0.2) is 24.3 Å². The highest BCUT2D eigenvalue weighted by Crippen LogP contribution is 2.33. The van der Waals surface area contributed by atoms with E-state index in [0.717, 1.165) is 6.42 Å². The van der Waals surface area contributed by atoms with Gasteiger partial charge in [-0.3, -0.25) is 0 Å². The summed E-state index contributed by atoms with van der Waals surface area (Å²) in [5.74, 6) is 0.252. The summed E-state index contributed by atoms with van der Waals surface area (Å²) >= 11 is 0. The summed E-state index contributed by atoms with van der Waals surface area (Å²) in [7, 11) is 0. The molecule has 0 atom stereocenters. The average molecular weight is 223 g/mol. The number of anilines is 1. The van der Waals surface area contributed by atoms with E-state index in [1.54, 1.807) is 12.1 Å². The topological polar surface area (TPSA) is 23.5 Å². The number of halogens is 1. The molecule has 1 aromatic carbocycles. The Kier molecular flexibility index (Phi) is 2.89. The maximum absolute atomic E-state index is 13.5. The number of rotatable bonds is 3. The Morgan fingerprint density at radius 1 is 1.38 bits per heavy atom. The van der Waals surface area contributed by atoms with Crippen LogP contribution in [0.3, 0.4) is 0 Å². The fourth-order valence-corrected chi connectivity index (χ4v) is 2.43. The molecule has 1 aliphatic heterocycles. The molecule has 2 rings (SSSR count). The van der Waals surface area contributed by atoms with Crippen molar-refractivity contribution in [3.8, 4) is 0 Å². The molecular formula is C13H18FNO. The van der Waals surface area contributed by atoms with Crippen molar-refractivity contribution in [3.63, 3.8) is 0 Å². The van der Waals surface area contributed by atoms with Crippen molar-refractivity contribution in [1.29, 1.82) is 0 Å². The Bertz CT molecular complexity index is 372. The third-order valence-electron chi connectivity index (χ3n) is 2.95. The van der Waals surface area contributed by atoms with Crippen molar-refractivity contribution >= 4 is 5.69 Å². The van der Waals surface area contributed by atoms with Gasteiger partial charge in [0.15, 0.2) is 0 Å². The lowest BCUT2D eigenvalue weighted by molar-refractivity contribution is -0.00688. The van der Waals surface area contributed by atoms with E-state index in [9.17, 15) is 9.50 Å². The number of benzene rings is 1. The first-order valence-corrected chi connectivity index (χ1v) is 5.72. The molecule has 1 fully saturated rings. The predicted molar refractivity (Wildman–Crippen MR) is 63.0 cm³/mol. The number of hydrogen-bond acceptors (Lipinski definition) is 2. The highest BCUT2D eigenvalue weighted by Gasteiger charge is 2.42. The van der Waals surface area contributed by atoms with Crippen LogP contribution < -0.4 is 4.90 Å². The van der Waals surface area contributed by atoms with E-state index >= 15 is 0 Å². The lowest BCUT2D eigenvalue weighted by atomic mass is 9.85. The molecule has 0 spiro atoms. The summed E-state index contributed by atoms with van der Waals surface area (Å²) in [6.45, 7) is 5.24. The van der Waals surface area contributed by atoms with Crippen molar-refractivity contribution in [3.05, 3.63) is 30.1 Å². The highest BCUT2D eigenvalue weighted by atomic mass is 19.1. The molecule has 1 heterocycles. The van der Waals surface area contributed by atoms with Gasteiger partial charge in [-0.2, -0.15) is 0 Å². The lowest BCUT2D eigenvalue weighted by Gasteiger charge is -2.48. The molecular weight excluding hydrogens is 205 g/mol. The minimum atomic E-state index is -0.629. The second kappa shape index (κ2) is 4.06. The Hall–Kier alpha value is -1.09. The van der Waals surface area contributed by atoms with E-state index in [0.29, 0.717) is 24.7 Å². The maximum Gasteiger partial charge on any atom is 0.146 e. The second-order valence-corrected chi connectivity index (χ2v) is 5.13. The smallest absolute Gasteiger partial charge is 0.146 e. The van der Waals surface area contributed by atoms with Crippen LogP contribution in [-0.2, 0) is 0 Å². The first-order chi connectivity index (χ1) is 7.50. The van der Waals surface area contributed by atoms with Crippen LogP contribution in [0.2, 0.25) is 0 Å². The van der Waals surface area contributed by atoms with Crippen LogP contribution in [0.1, 0.15) is 20.3 Å². The van der Waals surface area contributed by atoms with Gasteiger partial charge in [0.25, 0.3) is 0 Å². The summed E-state index contributed by atoms with van der Waals surface area (Å²) in [6.07, 6.45) is 0.776. The molecule has 88 valence electrons. The minimum absolute atomic E-state index is 0.214. The van der Waals surface area contributed by atoms with Crippen LogP contribution >= 0.6 is 0 Å². The second-order valence-electron chi connectivity index (χ2n) is 5.13. The van der Waals surface area contributed by atoms with Crippen molar-refractivity contribution in [2.24, 2.45) is 5.92 Å². The van der Waals surface area contributed by atoms with Crippen LogP contribution in [0.25, 0.3) is 0 Å². The Labute approximate surface area is 95.7 Å². The fraction of sp³-hybridized carbons (Fsp3) is 0.538. The number of nitrogens with zero attached hydrogens (tertiary/aromatic N) is 1. The summed E-state index contributed by atoms with van der Waals surface area (Å²) in [5, 5.41) is 10.1. The zero-order chi connectivity index (χ0) is 11.8. The molecule has 1 N–H and O–H groups in total. The molecule has 0 saturated carbocycles. The number of aliphatic hydroxyl groups is 1. The Balaban J connectivity index is 2.01. The number of hydrogen-bond donors (Lipinski definition) is 1. The minimum Gasteiger partial charge on any atom is -0.386 e. The molecule has 1 aromatic rings. The molecule has 0 bridgehead atoms. The first-order valence-electron chi connectivity index (χ1n) is 5.72. The molecule has 0 amide bonds. The monoisotopic (exact) mass is 223 g/mol. The third kappa shape index (κ3) is 2.19. The molecule has 0 aliphatic carbocycles. The van der Waals surface area contributed by atoms with Gasteiger partial charge in [-0.25, -0.2) is 4.39 Å². The first kappa shape index (κ1) is 11.4. The van der Waals surface area contributed by atoms with Crippen LogP contribution in [0.4, 0.5) is 10.1 Å². The average Bonchev–Trinajstić information content (AvgIpc) is 2.14. The van der Waals surface area contributed by atoms with Gasteiger partial charge in [-0.1, -0.05) is 26.0 Å². The maximum atomic E-state index is 13.5. The summed E-state index contributed by atoms with van der Waals surface area (Å²) in [5.41, 5.74) is -0.0351. The standard InChI is InChI=1S/C13H18FNO/c1-10(2)7-13(16)8-15(9-13)12-6-4-3-5-11(12)14/h3-6,10,16H,7-9H2,1-2H3. The zero-order valence-electron chi connectivity index (χ0n) is 9.78. The van der Waals surface area contributed by atoms with Crippen molar-refractivity contribution in [2.45, 2.75) is 25.9 Å². The van der Waals surface area contributed by atoms with Gasteiger partial charge in [-0.05, 0) is 24.5 Å². The van der Waals surface area contributed by atoms with E-state index < -0.39 is 5.60 Å². The molecule has 1 aliphatic rings. The Morgan fingerprint density at radius 3 is 2.56 bits per heavy atom. The van der Waals surface area contributed by atoms with E-state index in [4.69, 9.17) is 0 Å². The highest BCUT2D eigenvalue weighted by molar-refractivity contribution is 5.51. The third-order valence-corrected chi connectivity index (χ3v) is 2.95. The van der Waals surface area contributed by atoms with E-state index in [2.05, 4.69) is 13.8 Å². The molecule has 0 unspecified atom stereocenters. The summed E-state index contributed by atoms with van der Waals surface area (Å²) in [6, 6.07) is 6.70. The van der Waals surface area contributed by atoms with Crippen molar-refractivity contribution in [1.82, 2.24) is 0 Å². The fourth-order valence-electron chi connectivity index (χ4n) is 2.43. The zero-order valence-corrected chi connectivity index (χ0v) is 9.78. The van der Waals surface area contributed by atoms with Crippen molar-refractivity contribution < 1.29 is 9.50 Å². The predicted octanol–water partition coefficient (Wildman–Crippen LogP) is 2.42. The molecule has 3 heteroatoms. The van der Waals surface area contributed by atoms with Gasteiger partial charge in [-0.15, -0.1) is 0 Å². The number of β-amino-alcohol motifs (C(OH)–C–C–N with tert-alkyl or cyclic N) is 1. The Morgan fingerprint density at radius 2 is 2.00 bits per heavy atom. The van der Waals surface area contributed by atoms with E-state index in [-0.39, 0.29) is 5.82 Å². The van der Waals surface area contributed by atoms with Gasteiger partial charge in [0.2, 0.25) is 0 Å². The molecule has 2 nitrogen and oxygen atoms in total. The van der Waals surface area contributed by atoms with Gasteiger partial charge in [0, 0.05) is 13.1 Å². The SMILES string of the molecule is CC(C)CC1(O)CN(c2ccccc2F)C1. The van der Waals surface area contributed by atoms with Gasteiger partial charge in [0.1, 0.15) is 5.82 Å². The molecule has 0 aromatic heterocycles. The quantitative estimate of drug-likeness (QED) is 0.850. The summed E-state index contributed by atoms with van der Waals surface area (Å²) < 4.78 is 13.5. The molecule has 16 heavy (non-hydrogen) atoms. The van der Waals surface area contributed by atoms with Gasteiger partial charge in [0.05, 0.1) is 11.3 Å². The number of para-hydroxylation sites is 1. The van der Waals surface area contributed by atoms with Crippen molar-refractivity contribution in [2.75, 3.05) is 18.0 Å². The van der Waals surface area contributed by atoms with E-state index in [1.165, 1.54) is 6.07 Å². The van der Waals surface area contributed by atoms with Crippen LogP contribution in [-0.4, -0.2) is 23.8 Å². The van der Waals surface area contributed by atoms with Gasteiger partial charge >= 0.3 is 0 Å². The van der Waals surface area contributed by atoms with Crippen LogP contribution in [0.5, 0.6) is 0 Å². The lowest BCUT2D eigenvalue weighted by Crippen LogP contribution is -2.62. The van der Waals surface area contributed by atoms with Gasteiger partial charge < -0.3 is 10.0 Å². The van der Waals surface area contributed by atoms with E-state index in [1.807, 2.05) is 11.0 Å². The molecule has 1 saturated heterocycles.